The molecule has 1 unspecified atom stereocenters. The highest BCUT2D eigenvalue weighted by atomic mass is 35.5. The minimum Gasteiger partial charge on any atom is -0.407 e. The number of aromatic nitrogens is 2. The third-order valence-electron chi connectivity index (χ3n) is 1.95. The molecule has 0 aliphatic heterocycles. The molecular formula is C10H18ClN3O3. The summed E-state index contributed by atoms with van der Waals surface area (Å²) in [5.74, 6) is 0.422. The van der Waals surface area contributed by atoms with Gasteiger partial charge in [0.15, 0.2) is 0 Å². The van der Waals surface area contributed by atoms with Crippen LogP contribution in [0, 0.1) is 0 Å². The van der Waals surface area contributed by atoms with Crippen molar-refractivity contribution in [3.05, 3.63) is 5.89 Å². The predicted molar refractivity (Wildman–Crippen MR) is 64.4 cm³/mol. The van der Waals surface area contributed by atoms with Crippen molar-refractivity contribution in [1.29, 1.82) is 0 Å². The summed E-state index contributed by atoms with van der Waals surface area (Å²) in [6, 6.07) is 0.393. The monoisotopic (exact) mass is 263 g/mol. The summed E-state index contributed by atoms with van der Waals surface area (Å²) in [6.07, 6.45) is 0.859. The van der Waals surface area contributed by atoms with E-state index in [1.807, 2.05) is 0 Å². The number of alkyl halides is 1. The molecule has 17 heavy (non-hydrogen) atoms. The Labute approximate surface area is 106 Å². The lowest BCUT2D eigenvalue weighted by molar-refractivity contribution is 0.0705. The standard InChI is InChI=1S/C10H18ClN3O3/c1-8(11)9-13-14-10(17-9)12-4-3-5-16-7-6-15-2/h8H,3-7H2,1-2H3,(H,12,14). The molecule has 1 atom stereocenters. The Balaban J connectivity index is 2.05. The molecule has 0 aromatic carbocycles. The Morgan fingerprint density at radius 1 is 1.35 bits per heavy atom. The lowest BCUT2D eigenvalue weighted by Gasteiger charge is -2.03. The van der Waals surface area contributed by atoms with Crippen LogP contribution in [0.15, 0.2) is 4.42 Å². The van der Waals surface area contributed by atoms with E-state index in [1.54, 1.807) is 14.0 Å². The fraction of sp³-hybridized carbons (Fsp3) is 0.800. The van der Waals surface area contributed by atoms with E-state index in [2.05, 4.69) is 15.5 Å². The molecule has 7 heteroatoms. The quantitative estimate of drug-likeness (QED) is 0.541. The van der Waals surface area contributed by atoms with Crippen LogP contribution in [-0.2, 0) is 9.47 Å². The fourth-order valence-corrected chi connectivity index (χ4v) is 1.17. The van der Waals surface area contributed by atoms with E-state index in [0.29, 0.717) is 38.3 Å². The Bertz CT molecular complexity index is 307. The molecule has 0 aliphatic rings. The molecule has 0 amide bonds. The molecule has 1 N–H and O–H groups in total. The van der Waals surface area contributed by atoms with Gasteiger partial charge in [0.05, 0.1) is 13.2 Å². The highest BCUT2D eigenvalue weighted by molar-refractivity contribution is 6.20. The molecule has 1 aromatic heterocycles. The maximum absolute atomic E-state index is 5.79. The molecule has 0 radical (unpaired) electrons. The van der Waals surface area contributed by atoms with Crippen molar-refractivity contribution < 1.29 is 13.9 Å². The summed E-state index contributed by atoms with van der Waals surface area (Å²) in [7, 11) is 1.65. The van der Waals surface area contributed by atoms with Crippen LogP contribution in [0.5, 0.6) is 0 Å². The third kappa shape index (κ3) is 5.86. The van der Waals surface area contributed by atoms with Crippen molar-refractivity contribution in [2.24, 2.45) is 0 Å². The Kier molecular flexibility index (Phi) is 6.91. The summed E-state index contributed by atoms with van der Waals surface area (Å²) < 4.78 is 15.4. The molecule has 0 fully saturated rings. The second kappa shape index (κ2) is 8.27. The first kappa shape index (κ1) is 14.2. The van der Waals surface area contributed by atoms with Gasteiger partial charge in [0.2, 0.25) is 5.89 Å². The smallest absolute Gasteiger partial charge is 0.315 e. The SMILES string of the molecule is COCCOCCCNc1nnc(C(C)Cl)o1. The van der Waals surface area contributed by atoms with Crippen molar-refractivity contribution in [1.82, 2.24) is 10.2 Å². The molecule has 0 bridgehead atoms. The summed E-state index contributed by atoms with van der Waals surface area (Å²) in [5, 5.41) is 10.3. The number of halogens is 1. The van der Waals surface area contributed by atoms with Gasteiger partial charge in [0.1, 0.15) is 5.38 Å². The second-order valence-corrected chi connectivity index (χ2v) is 4.10. The van der Waals surface area contributed by atoms with Crippen molar-refractivity contribution in [2.45, 2.75) is 18.7 Å². The largest absolute Gasteiger partial charge is 0.407 e. The summed E-state index contributed by atoms with van der Waals surface area (Å²) in [6.45, 7) is 4.40. The van der Waals surface area contributed by atoms with Gasteiger partial charge in [-0.3, -0.25) is 0 Å². The zero-order chi connectivity index (χ0) is 12.5. The molecule has 6 nitrogen and oxygen atoms in total. The Hall–Kier alpha value is -0.850. The summed E-state index contributed by atoms with van der Waals surface area (Å²) in [5.41, 5.74) is 0. The van der Waals surface area contributed by atoms with Crippen LogP contribution in [-0.4, -0.2) is 43.7 Å². The van der Waals surface area contributed by atoms with E-state index < -0.39 is 0 Å². The normalized spacial score (nSPS) is 12.6. The van der Waals surface area contributed by atoms with Gasteiger partial charge in [0.25, 0.3) is 0 Å². The van der Waals surface area contributed by atoms with E-state index >= 15 is 0 Å². The molecule has 1 aromatic rings. The molecule has 0 saturated heterocycles. The zero-order valence-corrected chi connectivity index (χ0v) is 10.9. The van der Waals surface area contributed by atoms with Crippen molar-refractivity contribution in [3.8, 4) is 0 Å². The van der Waals surface area contributed by atoms with E-state index in [4.69, 9.17) is 25.5 Å². The van der Waals surface area contributed by atoms with Crippen LogP contribution >= 0.6 is 11.6 Å². The van der Waals surface area contributed by atoms with Gasteiger partial charge in [-0.15, -0.1) is 16.7 Å². The number of hydrogen-bond donors (Lipinski definition) is 1. The number of methoxy groups -OCH3 is 1. The Morgan fingerprint density at radius 3 is 2.82 bits per heavy atom. The minimum absolute atomic E-state index is 0.268. The van der Waals surface area contributed by atoms with Crippen LogP contribution in [0.25, 0.3) is 0 Å². The maximum atomic E-state index is 5.79. The highest BCUT2D eigenvalue weighted by Crippen LogP contribution is 2.18. The van der Waals surface area contributed by atoms with E-state index in [0.717, 1.165) is 6.42 Å². The van der Waals surface area contributed by atoms with Gasteiger partial charge in [-0.05, 0) is 13.3 Å². The number of hydrogen-bond acceptors (Lipinski definition) is 6. The van der Waals surface area contributed by atoms with E-state index in [1.165, 1.54) is 0 Å². The summed E-state index contributed by atoms with van der Waals surface area (Å²) in [4.78, 5) is 0. The molecular weight excluding hydrogens is 246 g/mol. The topological polar surface area (TPSA) is 69.4 Å². The van der Waals surface area contributed by atoms with Crippen LogP contribution < -0.4 is 5.32 Å². The van der Waals surface area contributed by atoms with Crippen LogP contribution in [0.1, 0.15) is 24.6 Å². The summed E-state index contributed by atoms with van der Waals surface area (Å²) >= 11 is 5.79. The van der Waals surface area contributed by atoms with Crippen molar-refractivity contribution in [2.75, 3.05) is 38.8 Å². The molecule has 1 rings (SSSR count). The predicted octanol–water partition coefficient (Wildman–Crippen LogP) is 1.83. The van der Waals surface area contributed by atoms with Crippen molar-refractivity contribution >= 4 is 17.6 Å². The van der Waals surface area contributed by atoms with Crippen LogP contribution in [0.4, 0.5) is 6.01 Å². The number of nitrogens with zero attached hydrogens (tertiary/aromatic N) is 2. The van der Waals surface area contributed by atoms with Gasteiger partial charge in [0, 0.05) is 20.3 Å². The average molecular weight is 264 g/mol. The van der Waals surface area contributed by atoms with Gasteiger partial charge < -0.3 is 19.2 Å². The van der Waals surface area contributed by atoms with Crippen LogP contribution in [0.3, 0.4) is 0 Å². The average Bonchev–Trinajstić information content (AvgIpc) is 2.77. The van der Waals surface area contributed by atoms with Gasteiger partial charge in [-0.25, -0.2) is 0 Å². The molecule has 0 spiro atoms. The van der Waals surface area contributed by atoms with E-state index in [9.17, 15) is 0 Å². The fourth-order valence-electron chi connectivity index (χ4n) is 1.08. The first-order valence-corrected chi connectivity index (χ1v) is 5.95. The third-order valence-corrected chi connectivity index (χ3v) is 2.14. The first-order chi connectivity index (χ1) is 8.24. The number of rotatable bonds is 9. The first-order valence-electron chi connectivity index (χ1n) is 5.52. The highest BCUT2D eigenvalue weighted by Gasteiger charge is 2.10. The zero-order valence-electron chi connectivity index (χ0n) is 10.1. The molecule has 98 valence electrons. The Morgan fingerprint density at radius 2 is 2.18 bits per heavy atom. The van der Waals surface area contributed by atoms with Crippen LogP contribution in [0.2, 0.25) is 0 Å². The van der Waals surface area contributed by atoms with Gasteiger partial charge in [-0.2, -0.15) is 0 Å². The second-order valence-electron chi connectivity index (χ2n) is 3.45. The molecule has 0 saturated carbocycles. The number of ether oxygens (including phenoxy) is 2. The number of nitrogens with one attached hydrogen (secondary N) is 1. The maximum Gasteiger partial charge on any atom is 0.315 e. The van der Waals surface area contributed by atoms with Gasteiger partial charge in [-0.1, -0.05) is 5.10 Å². The van der Waals surface area contributed by atoms with Gasteiger partial charge >= 0.3 is 6.01 Å². The molecule has 1 heterocycles. The lowest BCUT2D eigenvalue weighted by atomic mass is 10.4. The van der Waals surface area contributed by atoms with Crippen molar-refractivity contribution in [3.63, 3.8) is 0 Å². The molecule has 0 aliphatic carbocycles. The minimum atomic E-state index is -0.268. The lowest BCUT2D eigenvalue weighted by Crippen LogP contribution is -2.08. The van der Waals surface area contributed by atoms with E-state index in [-0.39, 0.29) is 5.38 Å². The number of anilines is 1.